The van der Waals surface area contributed by atoms with Crippen LogP contribution in [-0.2, 0) is 16.0 Å². The predicted octanol–water partition coefficient (Wildman–Crippen LogP) is 5.87. The van der Waals surface area contributed by atoms with Crippen LogP contribution in [0.5, 0.6) is 0 Å². The minimum absolute atomic E-state index is 0.0639. The Bertz CT molecular complexity index is 2010. The van der Waals surface area contributed by atoms with Gasteiger partial charge in [0.05, 0.1) is 12.7 Å². The number of likely N-dealkylation sites (tertiary alicyclic amines) is 2. The molecular weight excluding hydrogens is 717 g/mol. The first-order chi connectivity index (χ1) is 27.5. The largest absolute Gasteiger partial charge is 0.444 e. The summed E-state index contributed by atoms with van der Waals surface area (Å²) in [6.07, 6.45) is 10.7. The average Bonchev–Trinajstić information content (AvgIpc) is 3.58. The molecule has 57 heavy (non-hydrogen) atoms. The third-order valence-corrected chi connectivity index (χ3v) is 13.1. The van der Waals surface area contributed by atoms with Crippen molar-refractivity contribution in [2.45, 2.75) is 89.4 Å². The lowest BCUT2D eigenvalue weighted by molar-refractivity contribution is -0.121. The number of imidazole rings is 1. The Morgan fingerprint density at radius 2 is 1.58 bits per heavy atom. The highest BCUT2D eigenvalue weighted by atomic mass is 16.6. The summed E-state index contributed by atoms with van der Waals surface area (Å²) in [5.41, 5.74) is 4.92. The Kier molecular flexibility index (Phi) is 10.3. The van der Waals surface area contributed by atoms with E-state index in [-0.39, 0.29) is 24.1 Å². The molecule has 13 nitrogen and oxygen atoms in total. The molecule has 0 bridgehead atoms. The van der Waals surface area contributed by atoms with E-state index in [0.29, 0.717) is 23.6 Å². The number of aromatic nitrogens is 4. The lowest BCUT2D eigenvalue weighted by Crippen LogP contribution is -2.60. The number of ether oxygens (including phenoxy) is 1. The van der Waals surface area contributed by atoms with Gasteiger partial charge in [0.25, 0.3) is 0 Å². The molecule has 0 atom stereocenters. The number of carbonyl (C=O) groups excluding carboxylic acids is 2. The Morgan fingerprint density at radius 1 is 0.860 bits per heavy atom. The number of piperazine rings is 1. The smallest absolute Gasteiger partial charge is 0.410 e. The number of benzene rings is 2. The highest BCUT2D eigenvalue weighted by molar-refractivity contribution is 5.85. The van der Waals surface area contributed by atoms with Crippen LogP contribution in [0, 0.1) is 11.3 Å². The average molecular weight is 775 g/mol. The number of hydrogen-bond donors (Lipinski definition) is 2. The highest BCUT2D eigenvalue weighted by Crippen LogP contribution is 2.51. The van der Waals surface area contributed by atoms with Crippen LogP contribution in [0.2, 0.25) is 0 Å². The number of nitrogens with one attached hydrogen (secondary N) is 2. The van der Waals surface area contributed by atoms with E-state index in [0.717, 1.165) is 87.1 Å². The van der Waals surface area contributed by atoms with Crippen molar-refractivity contribution in [3.8, 4) is 0 Å². The summed E-state index contributed by atoms with van der Waals surface area (Å²) >= 11 is 0. The molecular formula is C44H58N10O3. The van der Waals surface area contributed by atoms with Gasteiger partial charge in [-0.05, 0) is 108 Å². The van der Waals surface area contributed by atoms with Gasteiger partial charge in [-0.25, -0.2) is 19.7 Å². The molecule has 13 heteroatoms. The summed E-state index contributed by atoms with van der Waals surface area (Å²) in [6.45, 7) is 15.3. The van der Waals surface area contributed by atoms with Gasteiger partial charge in [-0.2, -0.15) is 0 Å². The van der Waals surface area contributed by atoms with Crippen LogP contribution in [0.15, 0.2) is 67.3 Å². The second kappa shape index (κ2) is 15.5. The van der Waals surface area contributed by atoms with E-state index in [9.17, 15) is 9.59 Å². The van der Waals surface area contributed by atoms with Gasteiger partial charge in [-0.3, -0.25) is 9.69 Å². The molecule has 3 aliphatic heterocycles. The van der Waals surface area contributed by atoms with Gasteiger partial charge in [0.15, 0.2) is 17.0 Å². The maximum absolute atomic E-state index is 12.6. The first-order valence-corrected chi connectivity index (χ1v) is 21.1. The number of rotatable bonds is 10. The predicted molar refractivity (Wildman–Crippen MR) is 222 cm³/mol. The first-order valence-electron chi connectivity index (χ1n) is 21.1. The molecule has 1 spiro atoms. The number of amides is 2. The van der Waals surface area contributed by atoms with Gasteiger partial charge in [0.2, 0.25) is 5.91 Å². The van der Waals surface area contributed by atoms with Gasteiger partial charge in [0, 0.05) is 81.2 Å². The molecule has 3 saturated heterocycles. The van der Waals surface area contributed by atoms with E-state index >= 15 is 0 Å². The van der Waals surface area contributed by atoms with E-state index in [1.54, 1.807) is 6.33 Å². The number of nitrogens with zero attached hydrogens (tertiary/aromatic N) is 8. The number of carbonyl (C=O) groups is 2. The second-order valence-corrected chi connectivity index (χ2v) is 18.4. The maximum atomic E-state index is 12.6. The van der Waals surface area contributed by atoms with E-state index in [1.165, 1.54) is 44.5 Å². The molecule has 2 amide bonds. The van der Waals surface area contributed by atoms with Crippen LogP contribution in [0.4, 0.5) is 22.0 Å². The fourth-order valence-corrected chi connectivity index (χ4v) is 9.78. The van der Waals surface area contributed by atoms with Crippen LogP contribution in [0.25, 0.3) is 11.2 Å². The molecule has 9 rings (SSSR count). The molecule has 5 fully saturated rings. The Morgan fingerprint density at radius 3 is 2.28 bits per heavy atom. The van der Waals surface area contributed by atoms with Crippen molar-refractivity contribution in [1.82, 2.24) is 39.5 Å². The molecule has 2 aromatic heterocycles. The van der Waals surface area contributed by atoms with E-state index in [1.807, 2.05) is 62.3 Å². The summed E-state index contributed by atoms with van der Waals surface area (Å²) in [6, 6.07) is 19.7. The zero-order valence-electron chi connectivity index (χ0n) is 33.8. The third kappa shape index (κ3) is 8.46. The van der Waals surface area contributed by atoms with E-state index in [2.05, 4.69) is 64.1 Å². The minimum atomic E-state index is -0.431. The van der Waals surface area contributed by atoms with Crippen molar-refractivity contribution in [2.75, 3.05) is 69.1 Å². The van der Waals surface area contributed by atoms with Gasteiger partial charge in [-0.15, -0.1) is 0 Å². The van der Waals surface area contributed by atoms with Crippen molar-refractivity contribution >= 4 is 40.4 Å². The van der Waals surface area contributed by atoms with Crippen LogP contribution < -0.4 is 15.5 Å². The van der Waals surface area contributed by atoms with Crippen LogP contribution in [0.3, 0.4) is 0 Å². The van der Waals surface area contributed by atoms with Crippen molar-refractivity contribution in [3.63, 3.8) is 0 Å². The number of anilines is 3. The van der Waals surface area contributed by atoms with Gasteiger partial charge < -0.3 is 34.6 Å². The number of hydrogen-bond acceptors (Lipinski definition) is 10. The fourth-order valence-electron chi connectivity index (χ4n) is 9.78. The standard InChI is InChI=1S/C44H58N10O3/c1-43(2,3)57-42(56)53-27-32(28-53)26-50-15-13-44(14-16-50)24-37(25-44)52-19-17-51(18-20-52)35-11-9-33(10-12-35)49-40-39-41(46-29-45-40)54(30-47-39)36-22-34(23-36)48-38(55)21-31-7-5-4-6-8-31/h4-12,29-30,32,34,36-37H,13-28H2,1-3H3,(H,48,55)(H,45,46,49). The van der Waals surface area contributed by atoms with E-state index < -0.39 is 5.60 Å². The Labute approximate surface area is 336 Å². The summed E-state index contributed by atoms with van der Waals surface area (Å²) in [5.74, 6) is 1.33. The lowest BCUT2D eigenvalue weighted by Gasteiger charge is -2.57. The summed E-state index contributed by atoms with van der Waals surface area (Å²) < 4.78 is 7.65. The first kappa shape index (κ1) is 37.8. The number of fused-ring (bicyclic) bond motifs is 1. The zero-order valence-corrected chi connectivity index (χ0v) is 33.8. The Hall–Kier alpha value is -4.75. The van der Waals surface area contributed by atoms with Crippen LogP contribution in [-0.4, -0.2) is 123 Å². The molecule has 2 saturated carbocycles. The topological polar surface area (TPSA) is 124 Å². The molecule has 2 aromatic carbocycles. The molecule has 302 valence electrons. The molecule has 4 aromatic rings. The molecule has 0 unspecified atom stereocenters. The number of piperidine rings is 1. The molecule has 5 aliphatic rings. The summed E-state index contributed by atoms with van der Waals surface area (Å²) in [7, 11) is 0. The quantitative estimate of drug-likeness (QED) is 0.203. The zero-order chi connectivity index (χ0) is 39.1. The van der Waals surface area contributed by atoms with E-state index in [4.69, 9.17) is 9.72 Å². The lowest BCUT2D eigenvalue weighted by atomic mass is 9.60. The highest BCUT2D eigenvalue weighted by Gasteiger charge is 2.48. The molecule has 5 heterocycles. The SMILES string of the molecule is CC(C)(C)OC(=O)N1CC(CN2CCC3(CC2)CC(N2CCN(c4ccc(Nc5ncnc6c5ncn6C5CC(NC(=O)Cc6ccccc6)C5)cc4)CC2)C3)C1. The van der Waals surface area contributed by atoms with Crippen molar-refractivity contribution in [2.24, 2.45) is 11.3 Å². The van der Waals surface area contributed by atoms with Crippen molar-refractivity contribution in [1.29, 1.82) is 0 Å². The summed E-state index contributed by atoms with van der Waals surface area (Å²) in [4.78, 5) is 48.4. The van der Waals surface area contributed by atoms with Crippen LogP contribution >= 0.6 is 0 Å². The fraction of sp³-hybridized carbons (Fsp3) is 0.568. The minimum Gasteiger partial charge on any atom is -0.444 e. The normalized spacial score (nSPS) is 23.1. The van der Waals surface area contributed by atoms with Gasteiger partial charge in [-0.1, -0.05) is 30.3 Å². The molecule has 2 N–H and O–H groups in total. The van der Waals surface area contributed by atoms with Crippen molar-refractivity contribution in [3.05, 3.63) is 72.8 Å². The third-order valence-electron chi connectivity index (χ3n) is 13.1. The van der Waals surface area contributed by atoms with Gasteiger partial charge in [0.1, 0.15) is 11.9 Å². The van der Waals surface area contributed by atoms with Crippen LogP contribution in [0.1, 0.15) is 70.9 Å². The monoisotopic (exact) mass is 774 g/mol. The summed E-state index contributed by atoms with van der Waals surface area (Å²) in [5, 5.41) is 6.67. The maximum Gasteiger partial charge on any atom is 0.410 e. The molecule has 2 aliphatic carbocycles. The Balaban J connectivity index is 0.694. The second-order valence-electron chi connectivity index (χ2n) is 18.4. The van der Waals surface area contributed by atoms with Crippen molar-refractivity contribution < 1.29 is 14.3 Å². The molecule has 0 radical (unpaired) electrons. The van der Waals surface area contributed by atoms with Gasteiger partial charge >= 0.3 is 6.09 Å².